The first-order valence-electron chi connectivity index (χ1n) is 6.48. The maximum absolute atomic E-state index is 12.2. The fourth-order valence-electron chi connectivity index (χ4n) is 1.60. The van der Waals surface area contributed by atoms with E-state index >= 15 is 0 Å². The number of benzene rings is 1. The van der Waals surface area contributed by atoms with Crippen LogP contribution in [0.3, 0.4) is 0 Å². The molecule has 1 aromatic rings. The van der Waals surface area contributed by atoms with Crippen molar-refractivity contribution < 1.29 is 13.2 Å². The van der Waals surface area contributed by atoms with Crippen LogP contribution in [0.25, 0.3) is 0 Å². The molecule has 0 bridgehead atoms. The fourth-order valence-corrected chi connectivity index (χ4v) is 2.97. The molecule has 7 heteroatoms. The molecule has 0 aliphatic carbocycles. The molecule has 0 aromatic heterocycles. The first-order valence-corrected chi connectivity index (χ1v) is 7.96. The number of nitrogens with zero attached hydrogens (tertiary/aromatic N) is 1. The molecule has 0 unspecified atom stereocenters. The summed E-state index contributed by atoms with van der Waals surface area (Å²) in [6.45, 7) is 4.48. The highest BCUT2D eigenvalue weighted by Gasteiger charge is 2.23. The number of hydrogen-bond donors (Lipinski definition) is 2. The van der Waals surface area contributed by atoms with Crippen LogP contribution in [0.5, 0.6) is 0 Å². The molecule has 20 heavy (non-hydrogen) atoms. The molecule has 6 nitrogen and oxygen atoms in total. The van der Waals surface area contributed by atoms with Crippen molar-refractivity contribution in [1.82, 2.24) is 9.62 Å². The number of carbonyl (C=O) groups is 1. The first-order chi connectivity index (χ1) is 9.33. The Morgan fingerprint density at radius 1 is 1.35 bits per heavy atom. The van der Waals surface area contributed by atoms with Crippen molar-refractivity contribution in [3.05, 3.63) is 23.8 Å². The van der Waals surface area contributed by atoms with Crippen molar-refractivity contribution in [2.24, 2.45) is 0 Å². The van der Waals surface area contributed by atoms with Crippen molar-refractivity contribution in [2.45, 2.75) is 25.2 Å². The number of hydrogen-bond acceptors (Lipinski definition) is 4. The largest absolute Gasteiger partial charge is 0.399 e. The van der Waals surface area contributed by atoms with Gasteiger partial charge in [-0.25, -0.2) is 13.1 Å². The Morgan fingerprint density at radius 3 is 2.55 bits per heavy atom. The van der Waals surface area contributed by atoms with E-state index < -0.39 is 10.0 Å². The smallest absolute Gasteiger partial charge is 0.254 e. The summed E-state index contributed by atoms with van der Waals surface area (Å²) in [5.74, 6) is -0.343. The number of nitrogens with two attached hydrogens (primary N) is 1. The van der Waals surface area contributed by atoms with Crippen LogP contribution in [-0.4, -0.2) is 39.4 Å². The molecule has 0 saturated heterocycles. The van der Waals surface area contributed by atoms with E-state index in [4.69, 9.17) is 5.73 Å². The molecule has 1 rings (SSSR count). The fraction of sp³-hybridized carbons (Fsp3) is 0.462. The molecule has 0 fully saturated rings. The maximum atomic E-state index is 12.2. The Hall–Kier alpha value is -1.60. The van der Waals surface area contributed by atoms with E-state index in [0.717, 1.165) is 0 Å². The van der Waals surface area contributed by atoms with E-state index in [-0.39, 0.29) is 16.4 Å². The zero-order chi connectivity index (χ0) is 15.3. The van der Waals surface area contributed by atoms with Crippen LogP contribution >= 0.6 is 0 Å². The number of anilines is 1. The van der Waals surface area contributed by atoms with Gasteiger partial charge in [0.25, 0.3) is 5.91 Å². The van der Waals surface area contributed by atoms with Gasteiger partial charge in [0.15, 0.2) is 0 Å². The lowest BCUT2D eigenvalue weighted by molar-refractivity contribution is 0.0798. The molecule has 0 radical (unpaired) electrons. The van der Waals surface area contributed by atoms with Gasteiger partial charge in [0.2, 0.25) is 10.0 Å². The topological polar surface area (TPSA) is 92.5 Å². The number of rotatable bonds is 6. The molecule has 0 aliphatic rings. The normalized spacial score (nSPS) is 11.3. The number of amides is 1. The zero-order valence-electron chi connectivity index (χ0n) is 12.0. The predicted octanol–water partition coefficient (Wildman–Crippen LogP) is 1.05. The summed E-state index contributed by atoms with van der Waals surface area (Å²) in [7, 11) is -2.12. The van der Waals surface area contributed by atoms with Gasteiger partial charge < -0.3 is 10.6 Å². The number of nitrogen functional groups attached to an aromatic ring is 1. The van der Waals surface area contributed by atoms with Crippen LogP contribution in [0.1, 0.15) is 30.6 Å². The summed E-state index contributed by atoms with van der Waals surface area (Å²) >= 11 is 0. The highest BCUT2D eigenvalue weighted by molar-refractivity contribution is 7.89. The van der Waals surface area contributed by atoms with Gasteiger partial charge in [0, 0.05) is 25.8 Å². The van der Waals surface area contributed by atoms with Crippen molar-refractivity contribution in [2.75, 3.05) is 25.9 Å². The van der Waals surface area contributed by atoms with Gasteiger partial charge in [-0.2, -0.15) is 0 Å². The minimum atomic E-state index is -3.74. The van der Waals surface area contributed by atoms with Crippen molar-refractivity contribution in [1.29, 1.82) is 0 Å². The summed E-state index contributed by atoms with van der Waals surface area (Å²) in [5, 5.41) is 0. The first kappa shape index (κ1) is 16.5. The van der Waals surface area contributed by atoms with Crippen LogP contribution in [0.15, 0.2) is 23.1 Å². The Labute approximate surface area is 120 Å². The van der Waals surface area contributed by atoms with Gasteiger partial charge in [-0.05, 0) is 31.5 Å². The Morgan fingerprint density at radius 2 is 2.00 bits per heavy atom. The molecular formula is C13H21N3O3S. The molecule has 3 N–H and O–H groups in total. The third-order valence-corrected chi connectivity index (χ3v) is 4.39. The summed E-state index contributed by atoms with van der Waals surface area (Å²) in [4.78, 5) is 13.6. The standard InChI is InChI=1S/C13H21N3O3S/c1-4-8-15-20(18,19)12-9-10(14)6-7-11(12)13(17)16(3)5-2/h6-7,9,15H,4-5,8,14H2,1-3H3. The molecular weight excluding hydrogens is 278 g/mol. The van der Waals surface area contributed by atoms with Crippen LogP contribution in [0.2, 0.25) is 0 Å². The quantitative estimate of drug-likeness (QED) is 0.768. The van der Waals surface area contributed by atoms with Crippen molar-refractivity contribution in [3.63, 3.8) is 0 Å². The summed E-state index contributed by atoms with van der Waals surface area (Å²) in [6.07, 6.45) is 0.666. The SMILES string of the molecule is CCCNS(=O)(=O)c1cc(N)ccc1C(=O)N(C)CC. The van der Waals surface area contributed by atoms with E-state index in [1.807, 2.05) is 13.8 Å². The minimum absolute atomic E-state index is 0.0729. The molecule has 1 aromatic carbocycles. The van der Waals surface area contributed by atoms with E-state index in [0.29, 0.717) is 25.2 Å². The second-order valence-electron chi connectivity index (χ2n) is 4.47. The number of nitrogens with one attached hydrogen (secondary N) is 1. The molecule has 112 valence electrons. The van der Waals surface area contributed by atoms with E-state index in [9.17, 15) is 13.2 Å². The maximum Gasteiger partial charge on any atom is 0.254 e. The van der Waals surface area contributed by atoms with E-state index in [2.05, 4.69) is 4.72 Å². The predicted molar refractivity (Wildman–Crippen MR) is 79.0 cm³/mol. The third kappa shape index (κ3) is 3.71. The molecule has 0 atom stereocenters. The van der Waals surface area contributed by atoms with Crippen LogP contribution in [0.4, 0.5) is 5.69 Å². The summed E-state index contributed by atoms with van der Waals surface area (Å²) in [5.41, 5.74) is 6.08. The lowest BCUT2D eigenvalue weighted by atomic mass is 10.2. The van der Waals surface area contributed by atoms with Crippen LogP contribution < -0.4 is 10.5 Å². The zero-order valence-corrected chi connectivity index (χ0v) is 12.8. The second-order valence-corrected chi connectivity index (χ2v) is 6.21. The second kappa shape index (κ2) is 6.71. The molecule has 0 heterocycles. The Kier molecular flexibility index (Phi) is 5.52. The van der Waals surface area contributed by atoms with Gasteiger partial charge in [0.1, 0.15) is 0 Å². The van der Waals surface area contributed by atoms with Crippen molar-refractivity contribution >= 4 is 21.6 Å². The third-order valence-electron chi connectivity index (χ3n) is 2.89. The summed E-state index contributed by atoms with van der Waals surface area (Å²) in [6, 6.07) is 4.29. The monoisotopic (exact) mass is 299 g/mol. The lowest BCUT2D eigenvalue weighted by Gasteiger charge is -2.17. The van der Waals surface area contributed by atoms with E-state index in [1.165, 1.54) is 23.1 Å². The van der Waals surface area contributed by atoms with Crippen molar-refractivity contribution in [3.8, 4) is 0 Å². The number of sulfonamides is 1. The van der Waals surface area contributed by atoms with Gasteiger partial charge in [-0.1, -0.05) is 6.92 Å². The average Bonchev–Trinajstić information content (AvgIpc) is 2.43. The average molecular weight is 299 g/mol. The summed E-state index contributed by atoms with van der Waals surface area (Å²) < 4.78 is 26.9. The highest BCUT2D eigenvalue weighted by atomic mass is 32.2. The van der Waals surface area contributed by atoms with Crippen LogP contribution in [-0.2, 0) is 10.0 Å². The molecule has 0 aliphatic heterocycles. The van der Waals surface area contributed by atoms with Crippen LogP contribution in [0, 0.1) is 0 Å². The van der Waals surface area contributed by atoms with Gasteiger partial charge in [-0.15, -0.1) is 0 Å². The Bertz CT molecular complexity index is 585. The van der Waals surface area contributed by atoms with Gasteiger partial charge in [0.05, 0.1) is 10.5 Å². The van der Waals surface area contributed by atoms with Gasteiger partial charge >= 0.3 is 0 Å². The number of carbonyl (C=O) groups excluding carboxylic acids is 1. The van der Waals surface area contributed by atoms with E-state index in [1.54, 1.807) is 7.05 Å². The van der Waals surface area contributed by atoms with Gasteiger partial charge in [-0.3, -0.25) is 4.79 Å². The lowest BCUT2D eigenvalue weighted by Crippen LogP contribution is -2.31. The molecule has 0 spiro atoms. The molecule has 0 saturated carbocycles. The minimum Gasteiger partial charge on any atom is -0.399 e. The molecule has 1 amide bonds. The Balaban J connectivity index is 3.31. The highest BCUT2D eigenvalue weighted by Crippen LogP contribution is 2.20.